The van der Waals surface area contributed by atoms with E-state index < -0.39 is 11.7 Å². The van der Waals surface area contributed by atoms with Crippen LogP contribution in [0, 0.1) is 5.82 Å². The zero-order valence-corrected chi connectivity index (χ0v) is 9.34. The normalized spacial score (nSPS) is 10.1. The van der Waals surface area contributed by atoms with E-state index >= 15 is 0 Å². The summed E-state index contributed by atoms with van der Waals surface area (Å²) < 4.78 is 14.7. The minimum absolute atomic E-state index is 0.0948. The molecule has 0 saturated carbocycles. The summed E-state index contributed by atoms with van der Waals surface area (Å²) in [6, 6.07) is 5.86. The largest absolute Gasteiger partial charge is 0.322 e. The second-order valence-corrected chi connectivity index (χ2v) is 3.56. The predicted molar refractivity (Wildman–Crippen MR) is 62.6 cm³/mol. The highest BCUT2D eigenvalue weighted by atomic mass is 19.1. The molecule has 0 unspecified atom stereocenters. The molecule has 6 heteroatoms. The first kappa shape index (κ1) is 12.0. The van der Waals surface area contributed by atoms with Gasteiger partial charge in [0.15, 0.2) is 12.1 Å². The molecule has 2 rings (SSSR count). The molecule has 0 bridgehead atoms. The third kappa shape index (κ3) is 2.60. The summed E-state index contributed by atoms with van der Waals surface area (Å²) in [7, 11) is 0. The number of para-hydroxylation sites is 1. The van der Waals surface area contributed by atoms with Gasteiger partial charge in [0, 0.05) is 12.4 Å². The molecule has 92 valence electrons. The first-order chi connectivity index (χ1) is 8.70. The molecular weight excluding hydrogens is 237 g/mol. The van der Waals surface area contributed by atoms with Gasteiger partial charge in [-0.25, -0.2) is 9.37 Å². The van der Waals surface area contributed by atoms with Crippen LogP contribution < -0.4 is 5.32 Å². The van der Waals surface area contributed by atoms with E-state index in [-0.39, 0.29) is 18.1 Å². The number of carbonyl (C=O) groups is 2. The Hall–Kier alpha value is -2.50. The Bertz CT molecular complexity index is 580. The van der Waals surface area contributed by atoms with Crippen molar-refractivity contribution in [3.05, 3.63) is 48.3 Å². The Balaban J connectivity index is 2.06. The van der Waals surface area contributed by atoms with E-state index in [0.717, 1.165) is 0 Å². The van der Waals surface area contributed by atoms with Crippen LogP contribution >= 0.6 is 0 Å². The average Bonchev–Trinajstić information content (AvgIpc) is 2.79. The van der Waals surface area contributed by atoms with Gasteiger partial charge in [-0.2, -0.15) is 0 Å². The van der Waals surface area contributed by atoms with Gasteiger partial charge in [0.25, 0.3) is 0 Å². The Morgan fingerprint density at radius 1 is 1.44 bits per heavy atom. The highest BCUT2D eigenvalue weighted by molar-refractivity contribution is 5.91. The lowest BCUT2D eigenvalue weighted by molar-refractivity contribution is -0.116. The van der Waals surface area contributed by atoms with Crippen LogP contribution in [0.5, 0.6) is 0 Å². The van der Waals surface area contributed by atoms with Crippen LogP contribution in [0.15, 0.2) is 36.7 Å². The number of aldehydes is 1. The van der Waals surface area contributed by atoms with Crippen molar-refractivity contribution < 1.29 is 14.0 Å². The van der Waals surface area contributed by atoms with Crippen molar-refractivity contribution >= 4 is 17.9 Å². The Morgan fingerprint density at radius 3 is 2.94 bits per heavy atom. The van der Waals surface area contributed by atoms with E-state index in [1.165, 1.54) is 35.2 Å². The number of halogens is 1. The number of carbonyl (C=O) groups excluding carboxylic acids is 2. The van der Waals surface area contributed by atoms with Crippen molar-refractivity contribution in [3.63, 3.8) is 0 Å². The van der Waals surface area contributed by atoms with Crippen LogP contribution in [-0.4, -0.2) is 21.7 Å². The quantitative estimate of drug-likeness (QED) is 0.832. The van der Waals surface area contributed by atoms with Gasteiger partial charge in [-0.3, -0.25) is 9.59 Å². The number of amides is 1. The molecule has 0 spiro atoms. The second-order valence-electron chi connectivity index (χ2n) is 3.56. The summed E-state index contributed by atoms with van der Waals surface area (Å²) in [5, 5.41) is 2.42. The number of hydrogen-bond donors (Lipinski definition) is 1. The van der Waals surface area contributed by atoms with Crippen LogP contribution in [-0.2, 0) is 11.3 Å². The van der Waals surface area contributed by atoms with E-state index in [1.807, 2.05) is 0 Å². The van der Waals surface area contributed by atoms with Crippen molar-refractivity contribution in [2.75, 3.05) is 5.32 Å². The molecule has 0 aliphatic rings. The maximum atomic E-state index is 13.3. The molecule has 0 atom stereocenters. The number of anilines is 1. The predicted octanol–water partition coefficient (Wildman–Crippen LogP) is 1.47. The molecule has 5 nitrogen and oxygen atoms in total. The van der Waals surface area contributed by atoms with Crippen molar-refractivity contribution in [2.24, 2.45) is 0 Å². The standard InChI is InChI=1S/C12H10FN3O2/c13-9-3-1-2-4-10(9)15-12(18)7-16-6-5-14-11(16)8-17/h1-6,8H,7H2,(H,15,18). The summed E-state index contributed by atoms with van der Waals surface area (Å²) >= 11 is 0. The summed E-state index contributed by atoms with van der Waals surface area (Å²) in [5.74, 6) is -0.785. The number of hydrogen-bond acceptors (Lipinski definition) is 3. The third-order valence-electron chi connectivity index (χ3n) is 2.31. The highest BCUT2D eigenvalue weighted by Gasteiger charge is 2.09. The Morgan fingerprint density at radius 2 is 2.22 bits per heavy atom. The molecule has 0 radical (unpaired) electrons. The van der Waals surface area contributed by atoms with Gasteiger partial charge in [-0.1, -0.05) is 12.1 Å². The highest BCUT2D eigenvalue weighted by Crippen LogP contribution is 2.12. The first-order valence-electron chi connectivity index (χ1n) is 5.21. The Kier molecular flexibility index (Phi) is 3.47. The number of benzene rings is 1. The number of rotatable bonds is 4. The molecule has 1 heterocycles. The minimum Gasteiger partial charge on any atom is -0.322 e. The monoisotopic (exact) mass is 247 g/mol. The lowest BCUT2D eigenvalue weighted by atomic mass is 10.3. The van der Waals surface area contributed by atoms with E-state index in [4.69, 9.17) is 0 Å². The van der Waals surface area contributed by atoms with Crippen LogP contribution in [0.3, 0.4) is 0 Å². The molecule has 0 aliphatic carbocycles. The van der Waals surface area contributed by atoms with Gasteiger partial charge in [0.1, 0.15) is 12.4 Å². The van der Waals surface area contributed by atoms with Gasteiger partial charge in [0.05, 0.1) is 5.69 Å². The summed E-state index contributed by atoms with van der Waals surface area (Å²) in [4.78, 5) is 26.0. The van der Waals surface area contributed by atoms with Crippen LogP contribution in [0.4, 0.5) is 10.1 Å². The van der Waals surface area contributed by atoms with E-state index in [9.17, 15) is 14.0 Å². The molecule has 1 amide bonds. The van der Waals surface area contributed by atoms with Crippen molar-refractivity contribution in [1.82, 2.24) is 9.55 Å². The molecule has 1 aromatic carbocycles. The van der Waals surface area contributed by atoms with Crippen LogP contribution in [0.1, 0.15) is 10.6 Å². The summed E-state index contributed by atoms with van der Waals surface area (Å²) in [5.41, 5.74) is 0.107. The fraction of sp³-hybridized carbons (Fsp3) is 0.0833. The van der Waals surface area contributed by atoms with Crippen molar-refractivity contribution in [1.29, 1.82) is 0 Å². The number of nitrogens with one attached hydrogen (secondary N) is 1. The van der Waals surface area contributed by atoms with E-state index in [1.54, 1.807) is 6.07 Å². The van der Waals surface area contributed by atoms with Gasteiger partial charge < -0.3 is 9.88 Å². The zero-order chi connectivity index (χ0) is 13.0. The first-order valence-corrected chi connectivity index (χ1v) is 5.21. The van der Waals surface area contributed by atoms with Crippen LogP contribution in [0.2, 0.25) is 0 Å². The van der Waals surface area contributed by atoms with Gasteiger partial charge >= 0.3 is 0 Å². The topological polar surface area (TPSA) is 64.0 Å². The fourth-order valence-electron chi connectivity index (χ4n) is 1.48. The lowest BCUT2D eigenvalue weighted by Gasteiger charge is -2.07. The van der Waals surface area contributed by atoms with Crippen LogP contribution in [0.25, 0.3) is 0 Å². The molecule has 0 fully saturated rings. The summed E-state index contributed by atoms with van der Waals surface area (Å²) in [6.45, 7) is -0.0948. The van der Waals surface area contributed by atoms with Crippen molar-refractivity contribution in [2.45, 2.75) is 6.54 Å². The fourth-order valence-corrected chi connectivity index (χ4v) is 1.48. The molecular formula is C12H10FN3O2. The lowest BCUT2D eigenvalue weighted by Crippen LogP contribution is -2.20. The number of aromatic nitrogens is 2. The maximum Gasteiger partial charge on any atom is 0.244 e. The molecule has 2 aromatic rings. The van der Waals surface area contributed by atoms with Crippen molar-refractivity contribution in [3.8, 4) is 0 Å². The number of nitrogens with zero attached hydrogens (tertiary/aromatic N) is 2. The number of imidazole rings is 1. The smallest absolute Gasteiger partial charge is 0.244 e. The molecule has 1 N–H and O–H groups in total. The Labute approximate surface area is 102 Å². The second kappa shape index (κ2) is 5.22. The maximum absolute atomic E-state index is 13.3. The van der Waals surface area contributed by atoms with Gasteiger partial charge in [-0.05, 0) is 12.1 Å². The SMILES string of the molecule is O=Cc1nccn1CC(=O)Nc1ccccc1F. The van der Waals surface area contributed by atoms with E-state index in [0.29, 0.717) is 6.29 Å². The zero-order valence-electron chi connectivity index (χ0n) is 9.34. The summed E-state index contributed by atoms with van der Waals surface area (Å²) in [6.07, 6.45) is 3.47. The molecule has 18 heavy (non-hydrogen) atoms. The van der Waals surface area contributed by atoms with Gasteiger partial charge in [-0.15, -0.1) is 0 Å². The average molecular weight is 247 g/mol. The molecule has 0 aliphatic heterocycles. The third-order valence-corrected chi connectivity index (χ3v) is 2.31. The minimum atomic E-state index is -0.507. The van der Waals surface area contributed by atoms with E-state index in [2.05, 4.69) is 10.3 Å². The van der Waals surface area contributed by atoms with Gasteiger partial charge in [0.2, 0.25) is 5.91 Å². The molecule has 0 saturated heterocycles. The molecule has 1 aromatic heterocycles.